The Morgan fingerprint density at radius 1 is 1.09 bits per heavy atom. The molecule has 1 aromatic heterocycles. The molecule has 0 aliphatic rings. The Hall–Kier alpha value is -2.59. The van der Waals surface area contributed by atoms with Gasteiger partial charge in [0.15, 0.2) is 5.75 Å². The molecule has 4 nitrogen and oxygen atoms in total. The fourth-order valence-corrected chi connectivity index (χ4v) is 2.82. The highest BCUT2D eigenvalue weighted by atomic mass is 35.5. The number of aromatic nitrogens is 1. The van der Waals surface area contributed by atoms with Gasteiger partial charge in [0, 0.05) is 17.6 Å². The number of aromatic amines is 1. The smallest absolute Gasteiger partial charge is 0.151 e. The van der Waals surface area contributed by atoms with Crippen LogP contribution in [-0.4, -0.2) is 24.2 Å². The third kappa shape index (κ3) is 2.85. The van der Waals surface area contributed by atoms with Gasteiger partial charge in [0.05, 0.1) is 18.4 Å². The van der Waals surface area contributed by atoms with Crippen molar-refractivity contribution >= 4 is 17.4 Å². The molecule has 0 aliphatic heterocycles. The van der Waals surface area contributed by atoms with Gasteiger partial charge in [-0.25, -0.2) is 0 Å². The van der Waals surface area contributed by atoms with Gasteiger partial charge in [0.1, 0.15) is 11.6 Å². The van der Waals surface area contributed by atoms with Crippen LogP contribution in [0.2, 0.25) is 5.02 Å². The minimum atomic E-state index is 0.171. The quantitative estimate of drug-likeness (QED) is 0.647. The van der Waals surface area contributed by atoms with Gasteiger partial charge in [-0.1, -0.05) is 41.9 Å². The monoisotopic (exact) mass is 328 g/mol. The molecule has 0 radical (unpaired) electrons. The third-order valence-electron chi connectivity index (χ3n) is 3.68. The molecule has 3 aromatic rings. The number of nitrogens with one attached hydrogen (secondary N) is 2. The fourth-order valence-electron chi connectivity index (χ4n) is 2.60. The van der Waals surface area contributed by atoms with Crippen LogP contribution in [-0.2, 0) is 0 Å². The average molecular weight is 329 g/mol. The van der Waals surface area contributed by atoms with E-state index in [9.17, 15) is 5.11 Å². The van der Waals surface area contributed by atoms with Crippen LogP contribution >= 0.6 is 11.6 Å². The van der Waals surface area contributed by atoms with Gasteiger partial charge in [-0.05, 0) is 23.8 Å². The normalized spacial score (nSPS) is 10.6. The first-order valence-corrected chi connectivity index (χ1v) is 7.55. The maximum atomic E-state index is 10.7. The molecule has 0 unspecified atom stereocenters. The molecule has 2 aromatic carbocycles. The molecule has 0 atom stereocenters. The van der Waals surface area contributed by atoms with E-state index in [0.717, 1.165) is 11.1 Å². The van der Waals surface area contributed by atoms with Gasteiger partial charge < -0.3 is 20.1 Å². The van der Waals surface area contributed by atoms with Crippen LogP contribution in [0.15, 0.2) is 48.5 Å². The van der Waals surface area contributed by atoms with Crippen LogP contribution in [0.1, 0.15) is 0 Å². The van der Waals surface area contributed by atoms with Crippen LogP contribution in [0.3, 0.4) is 0 Å². The molecule has 0 bridgehead atoms. The van der Waals surface area contributed by atoms with Crippen molar-refractivity contribution in [3.8, 4) is 33.9 Å². The molecule has 5 heteroatoms. The molecule has 0 amide bonds. The lowest BCUT2D eigenvalue weighted by Gasteiger charge is -2.08. The Morgan fingerprint density at radius 2 is 1.83 bits per heavy atom. The van der Waals surface area contributed by atoms with Crippen molar-refractivity contribution < 1.29 is 9.84 Å². The zero-order chi connectivity index (χ0) is 16.4. The second-order valence-electron chi connectivity index (χ2n) is 5.09. The van der Waals surface area contributed by atoms with Gasteiger partial charge in [0.2, 0.25) is 0 Å². The number of aromatic hydroxyl groups is 1. The van der Waals surface area contributed by atoms with Gasteiger partial charge in [-0.3, -0.25) is 0 Å². The number of ether oxygens (including phenoxy) is 1. The van der Waals surface area contributed by atoms with Gasteiger partial charge in [-0.2, -0.15) is 0 Å². The Morgan fingerprint density at radius 3 is 2.48 bits per heavy atom. The van der Waals surface area contributed by atoms with Crippen molar-refractivity contribution in [2.45, 2.75) is 0 Å². The van der Waals surface area contributed by atoms with E-state index in [4.69, 9.17) is 16.3 Å². The summed E-state index contributed by atoms with van der Waals surface area (Å²) in [7, 11) is 3.38. The molecular formula is C18H17ClN2O2. The molecule has 23 heavy (non-hydrogen) atoms. The highest BCUT2D eigenvalue weighted by Gasteiger charge is 2.19. The molecule has 3 N–H and O–H groups in total. The molecular weight excluding hydrogens is 312 g/mol. The topological polar surface area (TPSA) is 57.3 Å². The second-order valence-corrected chi connectivity index (χ2v) is 5.53. The predicted octanol–water partition coefficient (Wildman–Crippen LogP) is 4.76. The van der Waals surface area contributed by atoms with Crippen LogP contribution in [0, 0.1) is 0 Å². The summed E-state index contributed by atoms with van der Waals surface area (Å²) < 4.78 is 5.27. The summed E-state index contributed by atoms with van der Waals surface area (Å²) >= 11 is 6.16. The molecule has 0 spiro atoms. The van der Waals surface area contributed by atoms with E-state index < -0.39 is 0 Å². The molecule has 1 heterocycles. The number of anilines is 1. The van der Waals surface area contributed by atoms with Gasteiger partial charge >= 0.3 is 0 Å². The minimum Gasteiger partial charge on any atom is -0.505 e. The number of hydrogen-bond acceptors (Lipinski definition) is 3. The van der Waals surface area contributed by atoms with E-state index >= 15 is 0 Å². The van der Waals surface area contributed by atoms with Crippen molar-refractivity contribution in [3.63, 3.8) is 0 Å². The summed E-state index contributed by atoms with van der Waals surface area (Å²) in [5, 5.41) is 14.4. The summed E-state index contributed by atoms with van der Waals surface area (Å²) in [5.41, 5.74) is 2.99. The van der Waals surface area contributed by atoms with Crippen molar-refractivity contribution in [1.82, 2.24) is 4.98 Å². The number of halogens is 1. The van der Waals surface area contributed by atoms with E-state index in [0.29, 0.717) is 27.8 Å². The highest BCUT2D eigenvalue weighted by Crippen LogP contribution is 2.44. The van der Waals surface area contributed by atoms with E-state index in [-0.39, 0.29) is 5.75 Å². The lowest BCUT2D eigenvalue weighted by molar-refractivity contribution is 0.415. The number of rotatable bonds is 4. The molecule has 0 fully saturated rings. The fraction of sp³-hybridized carbons (Fsp3) is 0.111. The third-order valence-corrected chi connectivity index (χ3v) is 3.90. The highest BCUT2D eigenvalue weighted by molar-refractivity contribution is 6.31. The summed E-state index contributed by atoms with van der Waals surface area (Å²) in [5.74, 6) is 1.52. The van der Waals surface area contributed by atoms with E-state index in [1.54, 1.807) is 26.3 Å². The molecule has 118 valence electrons. The van der Waals surface area contributed by atoms with Crippen LogP contribution in [0.25, 0.3) is 22.4 Å². The zero-order valence-corrected chi connectivity index (χ0v) is 13.6. The molecule has 0 saturated carbocycles. The summed E-state index contributed by atoms with van der Waals surface area (Å²) in [4.78, 5) is 3.23. The lowest BCUT2D eigenvalue weighted by atomic mass is 10.0. The number of hydrogen-bond donors (Lipinski definition) is 3. The van der Waals surface area contributed by atoms with E-state index in [1.165, 1.54) is 0 Å². The Kier molecular flexibility index (Phi) is 4.17. The first kappa shape index (κ1) is 15.3. The molecule has 3 rings (SSSR count). The summed E-state index contributed by atoms with van der Waals surface area (Å²) in [6.45, 7) is 0. The number of H-pyrrole nitrogens is 1. The maximum Gasteiger partial charge on any atom is 0.151 e. The van der Waals surface area contributed by atoms with Crippen LogP contribution in [0.5, 0.6) is 11.5 Å². The first-order valence-electron chi connectivity index (χ1n) is 7.17. The van der Waals surface area contributed by atoms with Crippen LogP contribution in [0.4, 0.5) is 5.82 Å². The van der Waals surface area contributed by atoms with E-state index in [2.05, 4.69) is 10.3 Å². The van der Waals surface area contributed by atoms with Crippen molar-refractivity contribution in [2.24, 2.45) is 0 Å². The zero-order valence-electron chi connectivity index (χ0n) is 12.9. The Labute approximate surface area is 139 Å². The van der Waals surface area contributed by atoms with Crippen LogP contribution < -0.4 is 10.1 Å². The predicted molar refractivity (Wildman–Crippen MR) is 94.4 cm³/mol. The van der Waals surface area contributed by atoms with Crippen molar-refractivity contribution in [2.75, 3.05) is 19.5 Å². The Bertz CT molecular complexity index is 829. The van der Waals surface area contributed by atoms with Gasteiger partial charge in [-0.15, -0.1) is 0 Å². The first-order chi connectivity index (χ1) is 11.1. The minimum absolute atomic E-state index is 0.171. The van der Waals surface area contributed by atoms with Crippen molar-refractivity contribution in [3.05, 3.63) is 53.6 Å². The SMILES string of the molecule is CNc1[nH]c(-c2ccccc2)c(O)c1-c1cc(Cl)cc(OC)c1. The summed E-state index contributed by atoms with van der Waals surface area (Å²) in [6, 6.07) is 15.0. The second kappa shape index (κ2) is 6.26. The number of methoxy groups -OCH3 is 1. The molecule has 0 aliphatic carbocycles. The standard InChI is InChI=1S/C18H17ClN2O2/c1-20-18-15(12-8-13(19)10-14(9-12)23-2)17(22)16(21-18)11-6-4-3-5-7-11/h3-10,20-22H,1-2H3. The Balaban J connectivity index is 2.20. The number of benzene rings is 2. The van der Waals surface area contributed by atoms with Gasteiger partial charge in [0.25, 0.3) is 0 Å². The molecule has 0 saturated heterocycles. The maximum absolute atomic E-state index is 10.7. The average Bonchev–Trinajstić information content (AvgIpc) is 2.91. The van der Waals surface area contributed by atoms with Crippen molar-refractivity contribution in [1.29, 1.82) is 0 Å². The largest absolute Gasteiger partial charge is 0.505 e. The lowest BCUT2D eigenvalue weighted by Crippen LogP contribution is -1.91. The summed E-state index contributed by atoms with van der Waals surface area (Å²) in [6.07, 6.45) is 0. The van der Waals surface area contributed by atoms with E-state index in [1.807, 2.05) is 36.4 Å².